The number of ether oxygens (including phenoxy) is 1. The van der Waals surface area contributed by atoms with E-state index < -0.39 is 24.4 Å². The average Bonchev–Trinajstić information content (AvgIpc) is 2.52. The minimum atomic E-state index is -4.65. The quantitative estimate of drug-likeness (QED) is 0.839. The Hall–Kier alpha value is -2.19. The zero-order valence-electron chi connectivity index (χ0n) is 12.4. The van der Waals surface area contributed by atoms with Crippen molar-refractivity contribution >= 4 is 35.0 Å². The van der Waals surface area contributed by atoms with Crippen LogP contribution in [0.25, 0.3) is 0 Å². The summed E-state index contributed by atoms with van der Waals surface area (Å²) in [5.41, 5.74) is -0.152. The molecule has 0 aliphatic carbocycles. The van der Waals surface area contributed by atoms with E-state index in [-0.39, 0.29) is 12.2 Å². The molecule has 0 fully saturated rings. The fraction of sp³-hybridized carbons (Fsp3) is 0.200. The van der Waals surface area contributed by atoms with Crippen molar-refractivity contribution in [3.8, 4) is 0 Å². The second-order valence-electron chi connectivity index (χ2n) is 4.92. The summed E-state index contributed by atoms with van der Waals surface area (Å²) in [5, 5.41) is 2.67. The van der Waals surface area contributed by atoms with E-state index >= 15 is 0 Å². The first-order chi connectivity index (χ1) is 11.7. The van der Waals surface area contributed by atoms with Gasteiger partial charge in [-0.05, 0) is 29.8 Å². The van der Waals surface area contributed by atoms with Crippen molar-refractivity contribution in [3.05, 3.63) is 62.5 Å². The molecule has 0 spiro atoms. The first-order valence-corrected chi connectivity index (χ1v) is 7.55. The summed E-state index contributed by atoms with van der Waals surface area (Å²) >= 11 is 11.7. The number of amides is 1. The van der Waals surface area contributed by atoms with Crippen LogP contribution < -0.4 is 10.9 Å². The molecule has 0 saturated carbocycles. The summed E-state index contributed by atoms with van der Waals surface area (Å²) in [6.45, 7) is -1.62. The highest BCUT2D eigenvalue weighted by Gasteiger charge is 2.29. The normalized spacial score (nSPS) is 11.2. The third-order valence-electron chi connectivity index (χ3n) is 2.96. The highest BCUT2D eigenvalue weighted by molar-refractivity contribution is 6.42. The van der Waals surface area contributed by atoms with Crippen LogP contribution in [0.15, 0.2) is 41.3 Å². The standard InChI is InChI=1S/C15H11Cl2F3N2O3/c16-10-4-3-9(6-11(10)17)7-22-5-1-2-12(13(22)23)21-14(24)25-8-15(18,19)20/h1-6H,7-8H2,(H,21,24). The summed E-state index contributed by atoms with van der Waals surface area (Å²) in [6.07, 6.45) is -4.57. The summed E-state index contributed by atoms with van der Waals surface area (Å²) in [5.74, 6) is 0. The van der Waals surface area contributed by atoms with E-state index in [0.717, 1.165) is 0 Å². The fourth-order valence-corrected chi connectivity index (χ4v) is 2.21. The SMILES string of the molecule is O=C(Nc1cccn(Cc2ccc(Cl)c(Cl)c2)c1=O)OCC(F)(F)F. The Bertz CT molecular complexity index is 838. The first-order valence-electron chi connectivity index (χ1n) is 6.79. The van der Waals surface area contributed by atoms with Gasteiger partial charge in [-0.25, -0.2) is 4.79 Å². The lowest BCUT2D eigenvalue weighted by Crippen LogP contribution is -2.28. The molecular weight excluding hydrogens is 384 g/mol. The molecular formula is C15H11Cl2F3N2O3. The van der Waals surface area contributed by atoms with Gasteiger partial charge in [0.1, 0.15) is 5.69 Å². The minimum absolute atomic E-state index is 0.128. The predicted octanol–water partition coefficient (Wildman–Crippen LogP) is 4.31. The number of pyridine rings is 1. The van der Waals surface area contributed by atoms with Gasteiger partial charge in [-0.3, -0.25) is 10.1 Å². The maximum atomic E-state index is 12.3. The molecule has 0 atom stereocenters. The molecule has 10 heteroatoms. The van der Waals surface area contributed by atoms with Crippen LogP contribution in [0.4, 0.5) is 23.7 Å². The van der Waals surface area contributed by atoms with Gasteiger partial charge in [0.15, 0.2) is 6.61 Å². The van der Waals surface area contributed by atoms with E-state index in [9.17, 15) is 22.8 Å². The Morgan fingerprint density at radius 3 is 2.56 bits per heavy atom. The Kier molecular flexibility index (Phi) is 5.97. The van der Waals surface area contributed by atoms with Crippen LogP contribution in [0.3, 0.4) is 0 Å². The van der Waals surface area contributed by atoms with Crippen LogP contribution in [0, 0.1) is 0 Å². The summed E-state index contributed by atoms with van der Waals surface area (Å²) in [6, 6.07) is 7.52. The number of hydrogen-bond donors (Lipinski definition) is 1. The number of carbonyl (C=O) groups excluding carboxylic acids is 1. The van der Waals surface area contributed by atoms with E-state index in [1.807, 2.05) is 5.32 Å². The lowest BCUT2D eigenvalue weighted by molar-refractivity contribution is -0.159. The third kappa shape index (κ3) is 5.68. The smallest absolute Gasteiger partial charge is 0.422 e. The second-order valence-corrected chi connectivity index (χ2v) is 5.73. The lowest BCUT2D eigenvalue weighted by Gasteiger charge is -2.11. The Morgan fingerprint density at radius 2 is 1.92 bits per heavy atom. The molecule has 5 nitrogen and oxygen atoms in total. The number of nitrogens with one attached hydrogen (secondary N) is 1. The molecule has 0 radical (unpaired) electrons. The molecule has 1 heterocycles. The molecule has 2 aromatic rings. The van der Waals surface area contributed by atoms with E-state index in [2.05, 4.69) is 4.74 Å². The Balaban J connectivity index is 2.12. The van der Waals surface area contributed by atoms with Gasteiger partial charge in [-0.15, -0.1) is 0 Å². The summed E-state index contributed by atoms with van der Waals surface area (Å²) in [7, 11) is 0. The zero-order valence-corrected chi connectivity index (χ0v) is 14.0. The maximum Gasteiger partial charge on any atom is 0.422 e. The molecule has 25 heavy (non-hydrogen) atoms. The highest BCUT2D eigenvalue weighted by Crippen LogP contribution is 2.22. The van der Waals surface area contributed by atoms with E-state index in [0.29, 0.717) is 15.6 Å². The molecule has 2 rings (SSSR count). The molecule has 134 valence electrons. The van der Waals surface area contributed by atoms with Crippen LogP contribution in [-0.4, -0.2) is 23.4 Å². The topological polar surface area (TPSA) is 60.3 Å². The minimum Gasteiger partial charge on any atom is -0.440 e. The van der Waals surface area contributed by atoms with Crippen LogP contribution in [0.1, 0.15) is 5.56 Å². The number of rotatable bonds is 4. The molecule has 0 aliphatic rings. The van der Waals surface area contributed by atoms with Crippen molar-refractivity contribution < 1.29 is 22.7 Å². The zero-order chi connectivity index (χ0) is 18.6. The molecule has 1 N–H and O–H groups in total. The van der Waals surface area contributed by atoms with Crippen molar-refractivity contribution in [2.24, 2.45) is 0 Å². The predicted molar refractivity (Wildman–Crippen MR) is 87.3 cm³/mol. The molecule has 1 amide bonds. The van der Waals surface area contributed by atoms with Crippen LogP contribution >= 0.6 is 23.2 Å². The van der Waals surface area contributed by atoms with Gasteiger partial charge in [0.05, 0.1) is 16.6 Å². The van der Waals surface area contributed by atoms with Gasteiger partial charge < -0.3 is 9.30 Å². The number of anilines is 1. The second kappa shape index (κ2) is 7.79. The molecule has 0 unspecified atom stereocenters. The van der Waals surface area contributed by atoms with Crippen LogP contribution in [0.2, 0.25) is 10.0 Å². The van der Waals surface area contributed by atoms with Crippen LogP contribution in [0.5, 0.6) is 0 Å². The maximum absolute atomic E-state index is 12.3. The summed E-state index contributed by atoms with van der Waals surface area (Å²) in [4.78, 5) is 23.6. The van der Waals surface area contributed by atoms with Crippen molar-refractivity contribution in [2.45, 2.75) is 12.7 Å². The van der Waals surface area contributed by atoms with E-state index in [4.69, 9.17) is 23.2 Å². The Labute approximate surface area is 149 Å². The van der Waals surface area contributed by atoms with Crippen molar-refractivity contribution in [2.75, 3.05) is 11.9 Å². The number of aromatic nitrogens is 1. The average molecular weight is 395 g/mol. The fourth-order valence-electron chi connectivity index (χ4n) is 1.88. The number of nitrogens with zero attached hydrogens (tertiary/aromatic N) is 1. The van der Waals surface area contributed by atoms with Gasteiger partial charge in [0.25, 0.3) is 5.56 Å². The highest BCUT2D eigenvalue weighted by atomic mass is 35.5. The van der Waals surface area contributed by atoms with Gasteiger partial charge >= 0.3 is 12.3 Å². The van der Waals surface area contributed by atoms with Gasteiger partial charge in [-0.2, -0.15) is 13.2 Å². The Morgan fingerprint density at radius 1 is 1.20 bits per heavy atom. The summed E-state index contributed by atoms with van der Waals surface area (Å²) < 4.78 is 41.3. The largest absolute Gasteiger partial charge is 0.440 e. The molecule has 1 aromatic carbocycles. The molecule has 0 aliphatic heterocycles. The van der Waals surface area contributed by atoms with Crippen molar-refractivity contribution in [1.82, 2.24) is 4.57 Å². The third-order valence-corrected chi connectivity index (χ3v) is 3.70. The van der Waals surface area contributed by atoms with Gasteiger partial charge in [0, 0.05) is 6.20 Å². The van der Waals surface area contributed by atoms with Gasteiger partial charge in [-0.1, -0.05) is 29.3 Å². The molecule has 0 saturated heterocycles. The number of carbonyl (C=O) groups is 1. The first kappa shape index (κ1) is 19.1. The van der Waals surface area contributed by atoms with Crippen molar-refractivity contribution in [1.29, 1.82) is 0 Å². The van der Waals surface area contributed by atoms with E-state index in [1.54, 1.807) is 18.2 Å². The molecule has 1 aromatic heterocycles. The molecule has 0 bridgehead atoms. The number of hydrogen-bond acceptors (Lipinski definition) is 3. The number of halogens is 5. The van der Waals surface area contributed by atoms with E-state index in [1.165, 1.54) is 22.9 Å². The monoisotopic (exact) mass is 394 g/mol. The van der Waals surface area contributed by atoms with Crippen molar-refractivity contribution in [3.63, 3.8) is 0 Å². The van der Waals surface area contributed by atoms with Gasteiger partial charge in [0.2, 0.25) is 0 Å². The lowest BCUT2D eigenvalue weighted by atomic mass is 10.2. The van der Waals surface area contributed by atoms with Crippen LogP contribution in [-0.2, 0) is 11.3 Å². The number of benzene rings is 1. The number of alkyl halides is 3.